The van der Waals surface area contributed by atoms with Crippen molar-refractivity contribution in [3.8, 4) is 5.88 Å². The quantitative estimate of drug-likeness (QED) is 0.877. The largest absolute Gasteiger partial charge is 0.472 e. The van der Waals surface area contributed by atoms with E-state index in [0.29, 0.717) is 10.7 Å². The van der Waals surface area contributed by atoms with Gasteiger partial charge in [0.05, 0.1) is 19.0 Å². The van der Waals surface area contributed by atoms with Gasteiger partial charge in [0, 0.05) is 10.6 Å². The second-order valence-electron chi connectivity index (χ2n) is 3.99. The molecule has 0 fully saturated rings. The maximum Gasteiger partial charge on any atom is 0.343 e. The van der Waals surface area contributed by atoms with Gasteiger partial charge in [-0.15, -0.1) is 0 Å². The van der Waals surface area contributed by atoms with Gasteiger partial charge in [-0.1, -0.05) is 29.8 Å². The summed E-state index contributed by atoms with van der Waals surface area (Å²) in [4.78, 5) is 15.6. The van der Waals surface area contributed by atoms with Crippen molar-refractivity contribution in [1.29, 1.82) is 0 Å². The number of benzene rings is 1. The number of anilines is 1. The molecule has 0 spiro atoms. The molecule has 2 N–H and O–H groups in total. The molecule has 0 radical (unpaired) electrons. The summed E-state index contributed by atoms with van der Waals surface area (Å²) in [5.41, 5.74) is 6.94. The van der Waals surface area contributed by atoms with Crippen LogP contribution < -0.4 is 10.5 Å². The van der Waals surface area contributed by atoms with Crippen molar-refractivity contribution in [3.63, 3.8) is 0 Å². The zero-order valence-corrected chi connectivity index (χ0v) is 11.6. The molecule has 0 bridgehead atoms. The summed E-state index contributed by atoms with van der Waals surface area (Å²) in [6.45, 7) is 0.195. The van der Waals surface area contributed by atoms with E-state index < -0.39 is 5.97 Å². The Hall–Kier alpha value is -2.27. The fourth-order valence-electron chi connectivity index (χ4n) is 1.60. The highest BCUT2D eigenvalue weighted by atomic mass is 35.5. The summed E-state index contributed by atoms with van der Waals surface area (Å²) in [5, 5.41) is 0.586. The molecule has 0 unspecified atom stereocenters. The van der Waals surface area contributed by atoms with Crippen molar-refractivity contribution in [1.82, 2.24) is 4.98 Å². The first-order valence-corrected chi connectivity index (χ1v) is 6.19. The molecule has 1 heterocycles. The number of carbonyl (C=O) groups excluding carboxylic acids is 1. The number of methoxy groups -OCH3 is 1. The van der Waals surface area contributed by atoms with Crippen molar-refractivity contribution in [2.24, 2.45) is 0 Å². The Morgan fingerprint density at radius 1 is 1.40 bits per heavy atom. The van der Waals surface area contributed by atoms with Crippen LogP contribution in [0.3, 0.4) is 0 Å². The number of hydrogen-bond donors (Lipinski definition) is 1. The highest BCUT2D eigenvalue weighted by Gasteiger charge is 2.15. The molecule has 0 amide bonds. The van der Waals surface area contributed by atoms with Crippen molar-refractivity contribution in [2.75, 3.05) is 12.8 Å². The van der Waals surface area contributed by atoms with E-state index in [4.69, 9.17) is 22.1 Å². The van der Waals surface area contributed by atoms with Gasteiger partial charge >= 0.3 is 5.97 Å². The Labute approximate surface area is 121 Å². The fraction of sp³-hybridized carbons (Fsp3) is 0.143. The number of esters is 1. The second-order valence-corrected chi connectivity index (χ2v) is 4.40. The van der Waals surface area contributed by atoms with Crippen LogP contribution in [0, 0.1) is 0 Å². The van der Waals surface area contributed by atoms with Crippen molar-refractivity contribution in [2.45, 2.75) is 6.61 Å². The van der Waals surface area contributed by atoms with E-state index in [2.05, 4.69) is 9.72 Å². The average Bonchev–Trinajstić information content (AvgIpc) is 2.46. The van der Waals surface area contributed by atoms with Crippen molar-refractivity contribution >= 4 is 23.3 Å². The van der Waals surface area contributed by atoms with Crippen LogP contribution in [0.5, 0.6) is 5.88 Å². The molecule has 1 aromatic heterocycles. The Morgan fingerprint density at radius 3 is 2.85 bits per heavy atom. The highest BCUT2D eigenvalue weighted by Crippen LogP contribution is 2.22. The minimum absolute atomic E-state index is 0.158. The molecule has 0 saturated carbocycles. The Morgan fingerprint density at radius 2 is 2.15 bits per heavy atom. The molecule has 6 heteroatoms. The van der Waals surface area contributed by atoms with E-state index in [1.807, 2.05) is 18.2 Å². The van der Waals surface area contributed by atoms with Gasteiger partial charge in [-0.05, 0) is 12.1 Å². The van der Waals surface area contributed by atoms with Gasteiger partial charge in [0.25, 0.3) is 0 Å². The number of aromatic nitrogens is 1. The van der Waals surface area contributed by atoms with Gasteiger partial charge in [0.1, 0.15) is 12.2 Å². The molecule has 1 aromatic carbocycles. The van der Waals surface area contributed by atoms with Gasteiger partial charge < -0.3 is 15.2 Å². The van der Waals surface area contributed by atoms with E-state index in [9.17, 15) is 4.79 Å². The van der Waals surface area contributed by atoms with Gasteiger partial charge in [-0.25, -0.2) is 9.78 Å². The molecular formula is C14H13ClN2O3. The molecule has 0 atom stereocenters. The zero-order chi connectivity index (χ0) is 14.5. The lowest BCUT2D eigenvalue weighted by Crippen LogP contribution is -2.08. The van der Waals surface area contributed by atoms with Crippen LogP contribution in [-0.4, -0.2) is 18.1 Å². The van der Waals surface area contributed by atoms with Crippen LogP contribution in [0.4, 0.5) is 5.69 Å². The Kier molecular flexibility index (Phi) is 4.42. The second kappa shape index (κ2) is 6.25. The van der Waals surface area contributed by atoms with E-state index in [1.165, 1.54) is 19.4 Å². The number of rotatable bonds is 4. The number of nitrogen functional groups attached to an aromatic ring is 1. The van der Waals surface area contributed by atoms with E-state index in [1.54, 1.807) is 6.07 Å². The summed E-state index contributed by atoms with van der Waals surface area (Å²) in [6, 6.07) is 8.73. The number of carbonyl (C=O) groups is 1. The van der Waals surface area contributed by atoms with Crippen molar-refractivity contribution in [3.05, 3.63) is 52.7 Å². The summed E-state index contributed by atoms with van der Waals surface area (Å²) in [7, 11) is 1.28. The number of pyridine rings is 1. The average molecular weight is 293 g/mol. The van der Waals surface area contributed by atoms with Crippen LogP contribution >= 0.6 is 11.6 Å². The first kappa shape index (κ1) is 14.1. The van der Waals surface area contributed by atoms with Crippen LogP contribution in [0.2, 0.25) is 5.02 Å². The lowest BCUT2D eigenvalue weighted by atomic mass is 10.2. The molecule has 0 aliphatic rings. The third-order valence-electron chi connectivity index (χ3n) is 2.60. The number of nitrogens with two attached hydrogens (primary N) is 1. The first-order chi connectivity index (χ1) is 9.61. The maximum atomic E-state index is 11.6. The maximum absolute atomic E-state index is 11.6. The minimum atomic E-state index is -0.557. The zero-order valence-electron chi connectivity index (χ0n) is 10.8. The van der Waals surface area contributed by atoms with Gasteiger partial charge in [-0.3, -0.25) is 0 Å². The molecule has 0 aliphatic heterocycles. The molecule has 104 valence electrons. The highest BCUT2D eigenvalue weighted by molar-refractivity contribution is 6.31. The van der Waals surface area contributed by atoms with E-state index in [0.717, 1.165) is 5.56 Å². The van der Waals surface area contributed by atoms with E-state index in [-0.39, 0.29) is 18.1 Å². The molecule has 0 aliphatic carbocycles. The number of nitrogens with zero attached hydrogens (tertiary/aromatic N) is 1. The van der Waals surface area contributed by atoms with Crippen LogP contribution in [0.1, 0.15) is 15.9 Å². The molecule has 20 heavy (non-hydrogen) atoms. The summed E-state index contributed by atoms with van der Waals surface area (Å²) in [5.74, 6) is -0.398. The number of halogens is 1. The predicted octanol–water partition coefficient (Wildman–Crippen LogP) is 2.68. The van der Waals surface area contributed by atoms with Crippen LogP contribution in [0.25, 0.3) is 0 Å². The monoisotopic (exact) mass is 292 g/mol. The normalized spacial score (nSPS) is 10.1. The van der Waals surface area contributed by atoms with Crippen LogP contribution in [-0.2, 0) is 11.3 Å². The summed E-state index contributed by atoms with van der Waals surface area (Å²) in [6.07, 6.45) is 1.41. The SMILES string of the molecule is COC(=O)c1cc(N)cnc1OCc1ccccc1Cl. The Bertz CT molecular complexity index is 632. The molecule has 2 aromatic rings. The standard InChI is InChI=1S/C14H13ClN2O3/c1-19-14(18)11-6-10(16)7-17-13(11)20-8-9-4-2-3-5-12(9)15/h2-7H,8,16H2,1H3. The molecule has 5 nitrogen and oxygen atoms in total. The summed E-state index contributed by atoms with van der Waals surface area (Å²) < 4.78 is 10.2. The minimum Gasteiger partial charge on any atom is -0.472 e. The van der Waals surface area contributed by atoms with Crippen molar-refractivity contribution < 1.29 is 14.3 Å². The molecule has 0 saturated heterocycles. The fourth-order valence-corrected chi connectivity index (χ4v) is 1.79. The third kappa shape index (κ3) is 3.19. The van der Waals surface area contributed by atoms with Gasteiger partial charge in [0.2, 0.25) is 5.88 Å². The number of hydrogen-bond acceptors (Lipinski definition) is 5. The molecular weight excluding hydrogens is 280 g/mol. The smallest absolute Gasteiger partial charge is 0.343 e. The van der Waals surface area contributed by atoms with E-state index >= 15 is 0 Å². The predicted molar refractivity (Wildman–Crippen MR) is 75.8 cm³/mol. The Balaban J connectivity index is 2.21. The third-order valence-corrected chi connectivity index (χ3v) is 2.97. The topological polar surface area (TPSA) is 74.4 Å². The first-order valence-electron chi connectivity index (χ1n) is 5.82. The lowest BCUT2D eigenvalue weighted by Gasteiger charge is -2.10. The van der Waals surface area contributed by atoms with Crippen LogP contribution in [0.15, 0.2) is 36.5 Å². The molecule has 2 rings (SSSR count). The van der Waals surface area contributed by atoms with Gasteiger partial charge in [-0.2, -0.15) is 0 Å². The summed E-state index contributed by atoms with van der Waals surface area (Å²) >= 11 is 6.03. The van der Waals surface area contributed by atoms with Gasteiger partial charge in [0.15, 0.2) is 0 Å². The lowest BCUT2D eigenvalue weighted by molar-refractivity contribution is 0.0594. The number of ether oxygens (including phenoxy) is 2.